The number of thioether (sulfide) groups is 1. The Morgan fingerprint density at radius 2 is 1.76 bits per heavy atom. The van der Waals surface area contributed by atoms with Crippen LogP contribution in [0.4, 0.5) is 11.5 Å². The van der Waals surface area contributed by atoms with E-state index < -0.39 is 0 Å². The highest BCUT2D eigenvalue weighted by molar-refractivity contribution is 7.98. The van der Waals surface area contributed by atoms with Crippen LogP contribution in [0.15, 0.2) is 53.7 Å². The van der Waals surface area contributed by atoms with E-state index >= 15 is 0 Å². The van der Waals surface area contributed by atoms with Crippen molar-refractivity contribution in [2.45, 2.75) is 19.0 Å². The summed E-state index contributed by atoms with van der Waals surface area (Å²) < 4.78 is 0. The first-order valence-electron chi connectivity index (χ1n) is 7.87. The van der Waals surface area contributed by atoms with Crippen molar-refractivity contribution in [1.29, 1.82) is 5.26 Å². The van der Waals surface area contributed by atoms with E-state index in [4.69, 9.17) is 0 Å². The Hall–Kier alpha value is -2.84. The zero-order valence-electron chi connectivity index (χ0n) is 14.4. The van der Waals surface area contributed by atoms with Crippen LogP contribution in [0.3, 0.4) is 0 Å². The first kappa shape index (κ1) is 17.0. The smallest absolute Gasteiger partial charge is 0.189 e. The van der Waals surface area contributed by atoms with Crippen LogP contribution in [-0.4, -0.2) is 16.2 Å². The molecule has 2 aromatic carbocycles. The fraction of sp³-hybridized carbons (Fsp3) is 0.150. The molecule has 0 aliphatic carbocycles. The van der Waals surface area contributed by atoms with Crippen LogP contribution in [0, 0.1) is 25.2 Å². The lowest BCUT2D eigenvalue weighted by Crippen LogP contribution is -2.03. The molecule has 0 amide bonds. The average molecular weight is 346 g/mol. The van der Waals surface area contributed by atoms with Crippen LogP contribution in [-0.2, 0) is 0 Å². The van der Waals surface area contributed by atoms with Crippen molar-refractivity contribution >= 4 is 23.3 Å². The molecule has 0 aliphatic rings. The van der Waals surface area contributed by atoms with Gasteiger partial charge in [0.25, 0.3) is 0 Å². The molecule has 1 N–H and O–H groups in total. The van der Waals surface area contributed by atoms with E-state index in [1.165, 1.54) is 17.3 Å². The number of nitrogens with one attached hydrogen (secondary N) is 1. The summed E-state index contributed by atoms with van der Waals surface area (Å²) in [5.41, 5.74) is 5.21. The van der Waals surface area contributed by atoms with E-state index in [1.807, 2.05) is 68.6 Å². The minimum atomic E-state index is 0.447. The molecule has 1 heterocycles. The van der Waals surface area contributed by atoms with Gasteiger partial charge in [0.15, 0.2) is 11.0 Å². The lowest BCUT2D eigenvalue weighted by molar-refractivity contribution is 0.975. The molecule has 0 atom stereocenters. The molecule has 0 fully saturated rings. The third-order valence-electron chi connectivity index (χ3n) is 3.79. The molecule has 0 bridgehead atoms. The normalized spacial score (nSPS) is 10.3. The van der Waals surface area contributed by atoms with E-state index in [9.17, 15) is 5.26 Å². The lowest BCUT2D eigenvalue weighted by atomic mass is 10.1. The molecule has 124 valence electrons. The van der Waals surface area contributed by atoms with Crippen LogP contribution in [0.2, 0.25) is 0 Å². The number of hydrogen-bond acceptors (Lipinski definition) is 5. The van der Waals surface area contributed by atoms with E-state index in [1.54, 1.807) is 0 Å². The van der Waals surface area contributed by atoms with Crippen molar-refractivity contribution in [1.82, 2.24) is 9.97 Å². The number of anilines is 2. The number of aryl methyl sites for hydroxylation is 2. The van der Waals surface area contributed by atoms with Crippen LogP contribution in [0.1, 0.15) is 16.7 Å². The summed E-state index contributed by atoms with van der Waals surface area (Å²) in [6, 6.07) is 18.3. The fourth-order valence-corrected chi connectivity index (χ4v) is 2.87. The lowest BCUT2D eigenvalue weighted by Gasteiger charge is -2.12. The second-order valence-electron chi connectivity index (χ2n) is 5.75. The molecule has 25 heavy (non-hydrogen) atoms. The van der Waals surface area contributed by atoms with Crippen molar-refractivity contribution in [2.75, 3.05) is 11.6 Å². The maximum absolute atomic E-state index is 9.73. The Balaban J connectivity index is 2.13. The van der Waals surface area contributed by atoms with Crippen LogP contribution < -0.4 is 5.32 Å². The number of hydrogen-bond donors (Lipinski definition) is 1. The van der Waals surface area contributed by atoms with Crippen molar-refractivity contribution in [3.63, 3.8) is 0 Å². The Morgan fingerprint density at radius 1 is 1.00 bits per heavy atom. The van der Waals surface area contributed by atoms with Crippen molar-refractivity contribution < 1.29 is 0 Å². The molecule has 0 saturated heterocycles. The number of nitrogens with zero attached hydrogens (tertiary/aromatic N) is 3. The third-order valence-corrected chi connectivity index (χ3v) is 4.34. The SMILES string of the molecule is CSc1nc(Nc2cccc(C)c2)c(C#N)c(-c2ccc(C)cc2)n1. The highest BCUT2D eigenvalue weighted by Gasteiger charge is 2.16. The zero-order chi connectivity index (χ0) is 17.8. The van der Waals surface area contributed by atoms with Gasteiger partial charge in [0, 0.05) is 11.3 Å². The standard InChI is InChI=1S/C20H18N4S/c1-13-7-9-15(10-8-13)18-17(12-21)19(24-20(23-18)25-3)22-16-6-4-5-14(2)11-16/h4-11H,1-3H3,(H,22,23,24). The van der Waals surface area contributed by atoms with E-state index in [0.717, 1.165) is 16.8 Å². The first-order chi connectivity index (χ1) is 12.1. The van der Waals surface area contributed by atoms with Crippen molar-refractivity contribution in [3.05, 3.63) is 65.2 Å². The van der Waals surface area contributed by atoms with Gasteiger partial charge in [0.2, 0.25) is 0 Å². The van der Waals surface area contributed by atoms with Crippen LogP contribution in [0.25, 0.3) is 11.3 Å². The van der Waals surface area contributed by atoms with Gasteiger partial charge in [-0.1, -0.05) is 53.7 Å². The van der Waals surface area contributed by atoms with Gasteiger partial charge >= 0.3 is 0 Å². The second-order valence-corrected chi connectivity index (χ2v) is 6.53. The van der Waals surface area contributed by atoms with Gasteiger partial charge in [-0.3, -0.25) is 0 Å². The molecule has 0 radical (unpaired) electrons. The minimum absolute atomic E-state index is 0.447. The highest BCUT2D eigenvalue weighted by atomic mass is 32.2. The molecule has 5 heteroatoms. The van der Waals surface area contributed by atoms with E-state index in [-0.39, 0.29) is 0 Å². The van der Waals surface area contributed by atoms with Gasteiger partial charge < -0.3 is 5.32 Å². The van der Waals surface area contributed by atoms with Gasteiger partial charge in [-0.25, -0.2) is 9.97 Å². The maximum atomic E-state index is 9.73. The Morgan fingerprint density at radius 3 is 2.40 bits per heavy atom. The van der Waals surface area contributed by atoms with Crippen molar-refractivity contribution in [3.8, 4) is 17.3 Å². The second kappa shape index (κ2) is 7.37. The van der Waals surface area contributed by atoms with Gasteiger partial charge in [-0.15, -0.1) is 0 Å². The Kier molecular flexibility index (Phi) is 5.01. The molecule has 4 nitrogen and oxygen atoms in total. The predicted molar refractivity (Wildman–Crippen MR) is 103 cm³/mol. The summed E-state index contributed by atoms with van der Waals surface area (Å²) in [6.45, 7) is 4.06. The molecular formula is C20H18N4S. The monoisotopic (exact) mass is 346 g/mol. The number of benzene rings is 2. The molecule has 3 aromatic rings. The molecule has 0 unspecified atom stereocenters. The first-order valence-corrected chi connectivity index (χ1v) is 9.10. The number of nitriles is 1. The number of aromatic nitrogens is 2. The van der Waals surface area contributed by atoms with Gasteiger partial charge in [0.05, 0.1) is 5.69 Å². The third kappa shape index (κ3) is 3.81. The van der Waals surface area contributed by atoms with E-state index in [2.05, 4.69) is 21.4 Å². The Labute approximate surface area is 152 Å². The maximum Gasteiger partial charge on any atom is 0.189 e. The minimum Gasteiger partial charge on any atom is -0.339 e. The van der Waals surface area contributed by atoms with Crippen LogP contribution in [0.5, 0.6) is 0 Å². The zero-order valence-corrected chi connectivity index (χ0v) is 15.2. The summed E-state index contributed by atoms with van der Waals surface area (Å²) in [5, 5.41) is 13.6. The van der Waals surface area contributed by atoms with Gasteiger partial charge in [-0.05, 0) is 37.8 Å². The molecule has 0 spiro atoms. The summed E-state index contributed by atoms with van der Waals surface area (Å²) in [7, 11) is 0. The molecule has 3 rings (SSSR count). The predicted octanol–water partition coefficient (Wildman–Crippen LogP) is 5.10. The molecule has 1 aromatic heterocycles. The van der Waals surface area contributed by atoms with Gasteiger partial charge in [-0.2, -0.15) is 5.26 Å². The summed E-state index contributed by atoms with van der Waals surface area (Å²) in [4.78, 5) is 9.08. The van der Waals surface area contributed by atoms with Crippen LogP contribution >= 0.6 is 11.8 Å². The summed E-state index contributed by atoms with van der Waals surface area (Å²) in [6.07, 6.45) is 1.93. The number of rotatable bonds is 4. The Bertz CT molecular complexity index is 943. The van der Waals surface area contributed by atoms with Crippen molar-refractivity contribution in [2.24, 2.45) is 0 Å². The summed E-state index contributed by atoms with van der Waals surface area (Å²) >= 11 is 1.46. The average Bonchev–Trinajstić information content (AvgIpc) is 2.61. The topological polar surface area (TPSA) is 61.6 Å². The highest BCUT2D eigenvalue weighted by Crippen LogP contribution is 2.30. The van der Waals surface area contributed by atoms with Gasteiger partial charge in [0.1, 0.15) is 11.6 Å². The quantitative estimate of drug-likeness (QED) is 0.526. The fourth-order valence-electron chi connectivity index (χ4n) is 2.51. The molecule has 0 saturated carbocycles. The summed E-state index contributed by atoms with van der Waals surface area (Å²) in [5.74, 6) is 0.531. The van der Waals surface area contributed by atoms with E-state index in [0.29, 0.717) is 22.2 Å². The molecular weight excluding hydrogens is 328 g/mol. The molecule has 0 aliphatic heterocycles. The largest absolute Gasteiger partial charge is 0.339 e.